The van der Waals surface area contributed by atoms with E-state index < -0.39 is 0 Å². The highest BCUT2D eigenvalue weighted by Crippen LogP contribution is 2.28. The van der Waals surface area contributed by atoms with Crippen LogP contribution in [0, 0.1) is 5.92 Å². The Morgan fingerprint density at radius 2 is 1.82 bits per heavy atom. The highest BCUT2D eigenvalue weighted by atomic mass is 15.1. The number of nitrogens with one attached hydrogen (secondary N) is 1. The summed E-state index contributed by atoms with van der Waals surface area (Å²) in [5, 5.41) is 3.61. The molecule has 2 fully saturated rings. The van der Waals surface area contributed by atoms with Crippen LogP contribution in [0.2, 0.25) is 0 Å². The van der Waals surface area contributed by atoms with Crippen LogP contribution in [0.15, 0.2) is 0 Å². The molecule has 100 valence electrons. The maximum Gasteiger partial charge on any atom is 0.0108 e. The summed E-state index contributed by atoms with van der Waals surface area (Å²) in [5.74, 6) is 0.993. The fourth-order valence-electron chi connectivity index (χ4n) is 3.76. The van der Waals surface area contributed by atoms with Crippen molar-refractivity contribution in [3.05, 3.63) is 0 Å². The Morgan fingerprint density at radius 1 is 1.06 bits per heavy atom. The Balaban J connectivity index is 1.70. The normalized spacial score (nSPS) is 31.2. The number of nitrogens with zero attached hydrogens (tertiary/aromatic N) is 1. The van der Waals surface area contributed by atoms with Crippen molar-refractivity contribution < 1.29 is 0 Å². The van der Waals surface area contributed by atoms with Gasteiger partial charge in [0.15, 0.2) is 0 Å². The van der Waals surface area contributed by atoms with Gasteiger partial charge in [0.05, 0.1) is 0 Å². The van der Waals surface area contributed by atoms with Gasteiger partial charge in [0.25, 0.3) is 0 Å². The Labute approximate surface area is 107 Å². The molecule has 0 amide bonds. The Hall–Kier alpha value is -0.0800. The van der Waals surface area contributed by atoms with E-state index in [-0.39, 0.29) is 0 Å². The van der Waals surface area contributed by atoms with Crippen molar-refractivity contribution in [2.75, 3.05) is 20.1 Å². The third-order valence-corrected chi connectivity index (χ3v) is 4.79. The minimum Gasteiger partial charge on any atom is -0.314 e. The molecule has 17 heavy (non-hydrogen) atoms. The Bertz CT molecular complexity index is 211. The summed E-state index contributed by atoms with van der Waals surface area (Å²) in [6.45, 7) is 4.70. The summed E-state index contributed by atoms with van der Waals surface area (Å²) in [6.07, 6.45) is 11.5. The van der Waals surface area contributed by atoms with E-state index in [1.807, 2.05) is 0 Å². The molecule has 0 aliphatic heterocycles. The van der Waals surface area contributed by atoms with Gasteiger partial charge >= 0.3 is 0 Å². The van der Waals surface area contributed by atoms with Gasteiger partial charge < -0.3 is 10.2 Å². The molecule has 0 radical (unpaired) electrons. The van der Waals surface area contributed by atoms with Crippen molar-refractivity contribution >= 4 is 0 Å². The predicted octanol–water partition coefficient (Wildman–Crippen LogP) is 3.03. The molecule has 2 atom stereocenters. The molecule has 2 aliphatic carbocycles. The molecule has 0 aromatic heterocycles. The average molecular weight is 238 g/mol. The van der Waals surface area contributed by atoms with Crippen molar-refractivity contribution in [3.63, 3.8) is 0 Å². The van der Waals surface area contributed by atoms with Crippen LogP contribution in [-0.2, 0) is 0 Å². The Morgan fingerprint density at radius 3 is 2.53 bits per heavy atom. The van der Waals surface area contributed by atoms with E-state index in [1.54, 1.807) is 0 Å². The smallest absolute Gasteiger partial charge is 0.0108 e. The molecule has 2 saturated carbocycles. The maximum atomic E-state index is 3.61. The zero-order valence-corrected chi connectivity index (χ0v) is 11.8. The molecular formula is C15H30N2. The summed E-state index contributed by atoms with van der Waals surface area (Å²) in [4.78, 5) is 2.66. The first kappa shape index (κ1) is 13.4. The first-order chi connectivity index (χ1) is 8.29. The first-order valence-electron chi connectivity index (χ1n) is 7.73. The summed E-state index contributed by atoms with van der Waals surface area (Å²) in [7, 11) is 2.35. The Kier molecular flexibility index (Phi) is 5.30. The number of hydrogen-bond acceptors (Lipinski definition) is 2. The molecule has 0 aromatic rings. The molecule has 0 aromatic carbocycles. The van der Waals surface area contributed by atoms with E-state index in [0.29, 0.717) is 0 Å². The van der Waals surface area contributed by atoms with Crippen LogP contribution < -0.4 is 5.32 Å². The van der Waals surface area contributed by atoms with E-state index in [0.717, 1.165) is 24.5 Å². The van der Waals surface area contributed by atoms with Gasteiger partial charge in [-0.25, -0.2) is 0 Å². The fourth-order valence-corrected chi connectivity index (χ4v) is 3.76. The number of rotatable bonds is 5. The third-order valence-electron chi connectivity index (χ3n) is 4.79. The van der Waals surface area contributed by atoms with Gasteiger partial charge in [-0.2, -0.15) is 0 Å². The third kappa shape index (κ3) is 3.96. The lowest BCUT2D eigenvalue weighted by Gasteiger charge is -2.31. The topological polar surface area (TPSA) is 15.3 Å². The van der Waals surface area contributed by atoms with Gasteiger partial charge in [-0.05, 0) is 51.6 Å². The van der Waals surface area contributed by atoms with Crippen molar-refractivity contribution in [1.29, 1.82) is 0 Å². The summed E-state index contributed by atoms with van der Waals surface area (Å²) in [6, 6.07) is 1.64. The van der Waals surface area contributed by atoms with Crippen molar-refractivity contribution in [2.24, 2.45) is 5.92 Å². The van der Waals surface area contributed by atoms with Gasteiger partial charge in [0.1, 0.15) is 0 Å². The molecule has 2 heteroatoms. The molecule has 2 unspecified atom stereocenters. The SMILES string of the molecule is CCNC1CCC(N(C)CC2CCCCC2)C1. The van der Waals surface area contributed by atoms with Crippen molar-refractivity contribution in [1.82, 2.24) is 10.2 Å². The predicted molar refractivity (Wildman–Crippen MR) is 74.3 cm³/mol. The monoisotopic (exact) mass is 238 g/mol. The summed E-state index contributed by atoms with van der Waals surface area (Å²) in [5.41, 5.74) is 0. The summed E-state index contributed by atoms with van der Waals surface area (Å²) >= 11 is 0. The lowest BCUT2D eigenvalue weighted by molar-refractivity contribution is 0.182. The van der Waals surface area contributed by atoms with Crippen LogP contribution >= 0.6 is 0 Å². The average Bonchev–Trinajstić information content (AvgIpc) is 2.79. The lowest BCUT2D eigenvalue weighted by atomic mass is 9.88. The van der Waals surface area contributed by atoms with Crippen LogP contribution in [0.1, 0.15) is 58.3 Å². The number of hydrogen-bond donors (Lipinski definition) is 1. The quantitative estimate of drug-likeness (QED) is 0.792. The molecule has 0 heterocycles. The van der Waals surface area contributed by atoms with E-state index in [4.69, 9.17) is 0 Å². The van der Waals surface area contributed by atoms with E-state index in [2.05, 4.69) is 24.2 Å². The minimum absolute atomic E-state index is 0.791. The highest BCUT2D eigenvalue weighted by Gasteiger charge is 2.28. The molecule has 1 N–H and O–H groups in total. The molecule has 2 aliphatic rings. The van der Waals surface area contributed by atoms with Gasteiger partial charge in [-0.1, -0.05) is 26.2 Å². The standard InChI is InChI=1S/C15H30N2/c1-3-16-14-9-10-15(11-14)17(2)12-13-7-5-4-6-8-13/h13-16H,3-12H2,1-2H3. The molecule has 2 rings (SSSR count). The van der Waals surface area contributed by atoms with Crippen molar-refractivity contribution in [2.45, 2.75) is 70.4 Å². The molecule has 0 bridgehead atoms. The molecule has 2 nitrogen and oxygen atoms in total. The zero-order chi connectivity index (χ0) is 12.1. The summed E-state index contributed by atoms with van der Waals surface area (Å²) < 4.78 is 0. The fraction of sp³-hybridized carbons (Fsp3) is 1.00. The van der Waals surface area contributed by atoms with E-state index in [9.17, 15) is 0 Å². The van der Waals surface area contributed by atoms with Gasteiger partial charge in [-0.3, -0.25) is 0 Å². The largest absolute Gasteiger partial charge is 0.314 e. The van der Waals surface area contributed by atoms with E-state index in [1.165, 1.54) is 57.9 Å². The zero-order valence-electron chi connectivity index (χ0n) is 11.8. The second kappa shape index (κ2) is 6.75. The second-order valence-electron chi connectivity index (χ2n) is 6.17. The maximum absolute atomic E-state index is 3.61. The highest BCUT2D eigenvalue weighted by molar-refractivity contribution is 4.86. The van der Waals surface area contributed by atoms with Crippen molar-refractivity contribution in [3.8, 4) is 0 Å². The van der Waals surface area contributed by atoms with Gasteiger partial charge in [0, 0.05) is 18.6 Å². The first-order valence-corrected chi connectivity index (χ1v) is 7.73. The van der Waals surface area contributed by atoms with Crippen LogP contribution in [0.4, 0.5) is 0 Å². The van der Waals surface area contributed by atoms with Crippen LogP contribution in [-0.4, -0.2) is 37.1 Å². The minimum atomic E-state index is 0.791. The van der Waals surface area contributed by atoms with Gasteiger partial charge in [0.2, 0.25) is 0 Å². The second-order valence-corrected chi connectivity index (χ2v) is 6.17. The van der Waals surface area contributed by atoms with Gasteiger partial charge in [-0.15, -0.1) is 0 Å². The molecule has 0 saturated heterocycles. The van der Waals surface area contributed by atoms with Crippen LogP contribution in [0.3, 0.4) is 0 Å². The van der Waals surface area contributed by atoms with E-state index >= 15 is 0 Å². The lowest BCUT2D eigenvalue weighted by Crippen LogP contribution is -2.36. The van der Waals surface area contributed by atoms with Crippen LogP contribution in [0.5, 0.6) is 0 Å². The molecule has 0 spiro atoms. The molecular weight excluding hydrogens is 208 g/mol. The van der Waals surface area contributed by atoms with Crippen LogP contribution in [0.25, 0.3) is 0 Å².